The number of methoxy groups -OCH3 is 1. The van der Waals surface area contributed by atoms with Crippen molar-refractivity contribution in [2.75, 3.05) is 7.11 Å². The SMILES string of the molecule is COc1ccc2c(c1)C(N)C(Oc1ccc(F)cc1)CC2. The minimum atomic E-state index is -0.273. The van der Waals surface area contributed by atoms with Gasteiger partial charge in [-0.1, -0.05) is 6.07 Å². The molecule has 3 rings (SSSR count). The predicted octanol–water partition coefficient (Wildman–Crippen LogP) is 3.23. The first-order chi connectivity index (χ1) is 10.2. The lowest BCUT2D eigenvalue weighted by Gasteiger charge is -2.31. The van der Waals surface area contributed by atoms with Gasteiger partial charge in [0.05, 0.1) is 13.2 Å². The van der Waals surface area contributed by atoms with Gasteiger partial charge in [-0.3, -0.25) is 0 Å². The number of hydrogen-bond donors (Lipinski definition) is 1. The summed E-state index contributed by atoms with van der Waals surface area (Å²) in [6, 6.07) is 11.8. The molecule has 2 aromatic rings. The maximum atomic E-state index is 12.9. The molecular formula is C17H18FNO2. The molecule has 4 heteroatoms. The van der Waals surface area contributed by atoms with E-state index >= 15 is 0 Å². The van der Waals surface area contributed by atoms with Crippen molar-refractivity contribution in [2.45, 2.75) is 25.0 Å². The Morgan fingerprint density at radius 2 is 1.81 bits per heavy atom. The number of nitrogens with two attached hydrogens (primary N) is 1. The van der Waals surface area contributed by atoms with E-state index in [1.165, 1.54) is 17.7 Å². The Bertz CT molecular complexity index is 627. The Kier molecular flexibility index (Phi) is 3.80. The smallest absolute Gasteiger partial charge is 0.123 e. The van der Waals surface area contributed by atoms with E-state index in [9.17, 15) is 4.39 Å². The maximum absolute atomic E-state index is 12.9. The second kappa shape index (κ2) is 5.74. The summed E-state index contributed by atoms with van der Waals surface area (Å²) in [5.74, 6) is 1.17. The molecule has 110 valence electrons. The summed E-state index contributed by atoms with van der Waals surface area (Å²) in [6.45, 7) is 0. The fraction of sp³-hybridized carbons (Fsp3) is 0.294. The van der Waals surface area contributed by atoms with Crippen LogP contribution in [0.1, 0.15) is 23.6 Å². The van der Waals surface area contributed by atoms with Crippen LogP contribution in [0.15, 0.2) is 42.5 Å². The van der Waals surface area contributed by atoms with Crippen LogP contribution in [-0.2, 0) is 6.42 Å². The van der Waals surface area contributed by atoms with E-state index < -0.39 is 0 Å². The second-order valence-corrected chi connectivity index (χ2v) is 5.24. The van der Waals surface area contributed by atoms with E-state index in [2.05, 4.69) is 6.07 Å². The van der Waals surface area contributed by atoms with Gasteiger partial charge in [-0.25, -0.2) is 4.39 Å². The van der Waals surface area contributed by atoms with Crippen molar-refractivity contribution >= 4 is 0 Å². The molecule has 2 atom stereocenters. The van der Waals surface area contributed by atoms with E-state index in [-0.39, 0.29) is 18.0 Å². The van der Waals surface area contributed by atoms with Gasteiger partial charge in [-0.2, -0.15) is 0 Å². The van der Waals surface area contributed by atoms with Crippen molar-refractivity contribution in [3.63, 3.8) is 0 Å². The minimum Gasteiger partial charge on any atom is -0.497 e. The Morgan fingerprint density at radius 1 is 1.10 bits per heavy atom. The highest BCUT2D eigenvalue weighted by atomic mass is 19.1. The number of hydrogen-bond acceptors (Lipinski definition) is 3. The van der Waals surface area contributed by atoms with Gasteiger partial charge in [-0.05, 0) is 60.4 Å². The summed E-state index contributed by atoms with van der Waals surface area (Å²) in [6.07, 6.45) is 1.64. The maximum Gasteiger partial charge on any atom is 0.123 e. The van der Waals surface area contributed by atoms with Crippen molar-refractivity contribution in [3.05, 3.63) is 59.4 Å². The third-order valence-corrected chi connectivity index (χ3v) is 3.91. The average Bonchev–Trinajstić information content (AvgIpc) is 2.52. The van der Waals surface area contributed by atoms with Crippen LogP contribution in [0.2, 0.25) is 0 Å². The van der Waals surface area contributed by atoms with Crippen molar-refractivity contribution in [1.82, 2.24) is 0 Å². The van der Waals surface area contributed by atoms with E-state index in [4.69, 9.17) is 15.2 Å². The van der Waals surface area contributed by atoms with Gasteiger partial charge >= 0.3 is 0 Å². The van der Waals surface area contributed by atoms with Crippen LogP contribution in [0.25, 0.3) is 0 Å². The molecule has 0 fully saturated rings. The molecule has 0 aliphatic heterocycles. The molecule has 21 heavy (non-hydrogen) atoms. The molecule has 2 N–H and O–H groups in total. The normalized spacial score (nSPS) is 20.7. The van der Waals surface area contributed by atoms with E-state index in [1.54, 1.807) is 19.2 Å². The molecule has 2 aromatic carbocycles. The second-order valence-electron chi connectivity index (χ2n) is 5.24. The van der Waals surface area contributed by atoms with Gasteiger partial charge in [0.2, 0.25) is 0 Å². The molecule has 0 saturated heterocycles. The monoisotopic (exact) mass is 287 g/mol. The third kappa shape index (κ3) is 2.85. The summed E-state index contributed by atoms with van der Waals surface area (Å²) in [5, 5.41) is 0. The number of fused-ring (bicyclic) bond motifs is 1. The van der Waals surface area contributed by atoms with Gasteiger partial charge in [0.25, 0.3) is 0 Å². The molecule has 2 unspecified atom stereocenters. The van der Waals surface area contributed by atoms with Crippen LogP contribution >= 0.6 is 0 Å². The van der Waals surface area contributed by atoms with Crippen LogP contribution in [0.3, 0.4) is 0 Å². The quantitative estimate of drug-likeness (QED) is 0.942. The number of aryl methyl sites for hydroxylation is 1. The third-order valence-electron chi connectivity index (χ3n) is 3.91. The molecule has 0 heterocycles. The summed E-state index contributed by atoms with van der Waals surface area (Å²) < 4.78 is 24.1. The molecule has 0 aromatic heterocycles. The van der Waals surface area contributed by atoms with Crippen molar-refractivity contribution in [3.8, 4) is 11.5 Å². The molecule has 0 saturated carbocycles. The van der Waals surface area contributed by atoms with Gasteiger partial charge < -0.3 is 15.2 Å². The fourth-order valence-corrected chi connectivity index (χ4v) is 2.74. The van der Waals surface area contributed by atoms with Gasteiger partial charge in [0.15, 0.2) is 0 Å². The lowest BCUT2D eigenvalue weighted by molar-refractivity contribution is 0.153. The Balaban J connectivity index is 1.81. The summed E-state index contributed by atoms with van der Waals surface area (Å²) in [5.41, 5.74) is 8.64. The number of halogens is 1. The van der Waals surface area contributed by atoms with Crippen molar-refractivity contribution < 1.29 is 13.9 Å². The van der Waals surface area contributed by atoms with Crippen LogP contribution in [0, 0.1) is 5.82 Å². The Hall–Kier alpha value is -2.07. The summed E-state index contributed by atoms with van der Waals surface area (Å²) in [4.78, 5) is 0. The minimum absolute atomic E-state index is 0.116. The number of rotatable bonds is 3. The standard InChI is InChI=1S/C17H18FNO2/c1-20-14-6-2-11-3-9-16(17(19)15(11)10-14)21-13-7-4-12(18)5-8-13/h2,4-8,10,16-17H,3,9,19H2,1H3. The lowest BCUT2D eigenvalue weighted by atomic mass is 9.86. The van der Waals surface area contributed by atoms with E-state index in [0.29, 0.717) is 5.75 Å². The molecule has 1 aliphatic rings. The average molecular weight is 287 g/mol. The zero-order chi connectivity index (χ0) is 14.8. The van der Waals surface area contributed by atoms with E-state index in [1.807, 2.05) is 12.1 Å². The van der Waals surface area contributed by atoms with Crippen LogP contribution in [0.4, 0.5) is 4.39 Å². The zero-order valence-corrected chi connectivity index (χ0v) is 11.9. The number of benzene rings is 2. The predicted molar refractivity (Wildman–Crippen MR) is 79.1 cm³/mol. The lowest BCUT2D eigenvalue weighted by Crippen LogP contribution is -2.35. The first-order valence-corrected chi connectivity index (χ1v) is 7.02. The van der Waals surface area contributed by atoms with Gasteiger partial charge in [-0.15, -0.1) is 0 Å². The largest absolute Gasteiger partial charge is 0.497 e. The summed E-state index contributed by atoms with van der Waals surface area (Å²) >= 11 is 0. The fourth-order valence-electron chi connectivity index (χ4n) is 2.74. The molecule has 0 radical (unpaired) electrons. The van der Waals surface area contributed by atoms with Crippen molar-refractivity contribution in [2.24, 2.45) is 5.73 Å². The van der Waals surface area contributed by atoms with Gasteiger partial charge in [0, 0.05) is 0 Å². The number of ether oxygens (including phenoxy) is 2. The Morgan fingerprint density at radius 3 is 2.52 bits per heavy atom. The highest BCUT2D eigenvalue weighted by molar-refractivity contribution is 5.40. The van der Waals surface area contributed by atoms with E-state index in [0.717, 1.165) is 24.2 Å². The first kappa shape index (κ1) is 13.9. The zero-order valence-electron chi connectivity index (χ0n) is 11.9. The highest BCUT2D eigenvalue weighted by Gasteiger charge is 2.28. The van der Waals surface area contributed by atoms with Gasteiger partial charge in [0.1, 0.15) is 23.4 Å². The topological polar surface area (TPSA) is 44.5 Å². The molecule has 3 nitrogen and oxygen atoms in total. The van der Waals surface area contributed by atoms with Crippen molar-refractivity contribution in [1.29, 1.82) is 0 Å². The van der Waals surface area contributed by atoms with Crippen LogP contribution in [0.5, 0.6) is 11.5 Å². The Labute approximate surface area is 123 Å². The molecule has 0 spiro atoms. The molecular weight excluding hydrogens is 269 g/mol. The highest BCUT2D eigenvalue weighted by Crippen LogP contribution is 2.33. The molecule has 1 aliphatic carbocycles. The first-order valence-electron chi connectivity index (χ1n) is 7.02. The summed E-state index contributed by atoms with van der Waals surface area (Å²) in [7, 11) is 1.64. The van der Waals surface area contributed by atoms with Crippen LogP contribution < -0.4 is 15.2 Å². The molecule has 0 bridgehead atoms. The molecule has 0 amide bonds. The van der Waals surface area contributed by atoms with Crippen LogP contribution in [-0.4, -0.2) is 13.2 Å².